The SMILES string of the molecule is CC1CCCN(CN2C(=O)NC3(CCCCC3)C2=O)C1. The Morgan fingerprint density at radius 2 is 1.95 bits per heavy atom. The molecule has 5 nitrogen and oxygen atoms in total. The summed E-state index contributed by atoms with van der Waals surface area (Å²) in [5.74, 6) is 0.675. The van der Waals surface area contributed by atoms with Gasteiger partial charge in [-0.25, -0.2) is 9.69 Å². The zero-order valence-corrected chi connectivity index (χ0v) is 12.4. The predicted molar refractivity (Wildman–Crippen MR) is 76.0 cm³/mol. The molecule has 3 fully saturated rings. The molecule has 0 aromatic heterocycles. The van der Waals surface area contributed by atoms with E-state index >= 15 is 0 Å². The number of urea groups is 1. The molecular weight excluding hydrogens is 254 g/mol. The van der Waals surface area contributed by atoms with E-state index in [-0.39, 0.29) is 11.9 Å². The fourth-order valence-corrected chi connectivity index (χ4v) is 3.91. The van der Waals surface area contributed by atoms with E-state index in [2.05, 4.69) is 17.1 Å². The number of hydrogen-bond acceptors (Lipinski definition) is 3. The van der Waals surface area contributed by atoms with Crippen LogP contribution in [0.2, 0.25) is 0 Å². The number of carbonyl (C=O) groups excluding carboxylic acids is 2. The van der Waals surface area contributed by atoms with Gasteiger partial charge in [-0.1, -0.05) is 26.2 Å². The van der Waals surface area contributed by atoms with Crippen LogP contribution in [0.1, 0.15) is 51.9 Å². The lowest BCUT2D eigenvalue weighted by Crippen LogP contribution is -2.49. The molecule has 1 N–H and O–H groups in total. The van der Waals surface area contributed by atoms with Crippen molar-refractivity contribution in [2.75, 3.05) is 19.8 Å². The van der Waals surface area contributed by atoms with Gasteiger partial charge < -0.3 is 5.32 Å². The molecule has 1 unspecified atom stereocenters. The van der Waals surface area contributed by atoms with E-state index in [0.717, 1.165) is 45.2 Å². The maximum absolute atomic E-state index is 12.7. The molecule has 20 heavy (non-hydrogen) atoms. The normalized spacial score (nSPS) is 30.9. The minimum Gasteiger partial charge on any atom is -0.323 e. The van der Waals surface area contributed by atoms with E-state index < -0.39 is 5.54 Å². The first kappa shape index (κ1) is 13.9. The first-order chi connectivity index (χ1) is 9.61. The van der Waals surface area contributed by atoms with E-state index in [1.807, 2.05) is 0 Å². The zero-order valence-electron chi connectivity index (χ0n) is 12.4. The Hall–Kier alpha value is -1.10. The molecule has 3 aliphatic rings. The number of imide groups is 1. The molecule has 0 aromatic carbocycles. The first-order valence-electron chi connectivity index (χ1n) is 7.97. The molecule has 0 radical (unpaired) electrons. The first-order valence-corrected chi connectivity index (χ1v) is 7.97. The van der Waals surface area contributed by atoms with Crippen molar-refractivity contribution in [2.45, 2.75) is 57.4 Å². The summed E-state index contributed by atoms with van der Waals surface area (Å²) in [6.07, 6.45) is 7.29. The molecule has 3 rings (SSSR count). The Morgan fingerprint density at radius 1 is 1.20 bits per heavy atom. The van der Waals surface area contributed by atoms with Crippen molar-refractivity contribution < 1.29 is 9.59 Å². The van der Waals surface area contributed by atoms with Crippen LogP contribution in [0.25, 0.3) is 0 Å². The summed E-state index contributed by atoms with van der Waals surface area (Å²) in [7, 11) is 0. The second kappa shape index (κ2) is 5.35. The van der Waals surface area contributed by atoms with Crippen LogP contribution in [0.15, 0.2) is 0 Å². The van der Waals surface area contributed by atoms with E-state index in [1.165, 1.54) is 17.7 Å². The lowest BCUT2D eigenvalue weighted by molar-refractivity contribution is -0.134. The third-order valence-corrected chi connectivity index (χ3v) is 5.04. The standard InChI is InChI=1S/C15H25N3O2/c1-12-6-5-9-17(10-12)11-18-13(19)15(16-14(18)20)7-3-2-4-8-15/h12H,2-11H2,1H3,(H,16,20). The average molecular weight is 279 g/mol. The maximum Gasteiger partial charge on any atom is 0.326 e. The van der Waals surface area contributed by atoms with Gasteiger partial charge in [-0.05, 0) is 38.1 Å². The fraction of sp³-hybridized carbons (Fsp3) is 0.867. The molecule has 3 amide bonds. The van der Waals surface area contributed by atoms with E-state index in [4.69, 9.17) is 0 Å². The maximum atomic E-state index is 12.7. The van der Waals surface area contributed by atoms with Gasteiger partial charge in [0.1, 0.15) is 5.54 Å². The van der Waals surface area contributed by atoms with Crippen molar-refractivity contribution in [2.24, 2.45) is 5.92 Å². The third-order valence-electron chi connectivity index (χ3n) is 5.04. The number of carbonyl (C=O) groups is 2. The molecule has 5 heteroatoms. The molecule has 2 aliphatic heterocycles. The van der Waals surface area contributed by atoms with Gasteiger partial charge in [0.15, 0.2) is 0 Å². The summed E-state index contributed by atoms with van der Waals surface area (Å²) in [6.45, 7) is 4.69. The predicted octanol–water partition coefficient (Wildman–Crippen LogP) is 1.93. The zero-order chi connectivity index (χ0) is 14.2. The minimum atomic E-state index is -0.573. The van der Waals surface area contributed by atoms with E-state index in [0.29, 0.717) is 12.6 Å². The number of likely N-dealkylation sites (tertiary alicyclic amines) is 1. The Bertz CT molecular complexity index is 404. The van der Waals surface area contributed by atoms with Gasteiger partial charge >= 0.3 is 6.03 Å². The average Bonchev–Trinajstić information content (AvgIpc) is 2.64. The molecule has 0 bridgehead atoms. The van der Waals surface area contributed by atoms with Crippen LogP contribution in [0.5, 0.6) is 0 Å². The number of nitrogens with one attached hydrogen (secondary N) is 1. The van der Waals surface area contributed by atoms with Crippen LogP contribution in [0, 0.1) is 5.92 Å². The monoisotopic (exact) mass is 279 g/mol. The van der Waals surface area contributed by atoms with Gasteiger partial charge in [0.2, 0.25) is 0 Å². The fourth-order valence-electron chi connectivity index (χ4n) is 3.91. The van der Waals surface area contributed by atoms with Gasteiger partial charge in [-0.2, -0.15) is 0 Å². The summed E-state index contributed by atoms with van der Waals surface area (Å²) >= 11 is 0. The Labute approximate surface area is 120 Å². The van der Waals surface area contributed by atoms with Crippen LogP contribution in [-0.4, -0.2) is 47.0 Å². The van der Waals surface area contributed by atoms with Crippen LogP contribution in [0.3, 0.4) is 0 Å². The second-order valence-electron chi connectivity index (χ2n) is 6.77. The molecule has 2 saturated heterocycles. The van der Waals surface area contributed by atoms with Crippen LogP contribution in [-0.2, 0) is 4.79 Å². The molecule has 1 atom stereocenters. The summed E-state index contributed by atoms with van der Waals surface area (Å²) in [6, 6.07) is -0.185. The van der Waals surface area contributed by atoms with Gasteiger partial charge in [0.05, 0.1) is 6.67 Å². The number of amides is 3. The molecule has 1 saturated carbocycles. The Balaban J connectivity index is 1.67. The van der Waals surface area contributed by atoms with Crippen molar-refractivity contribution in [3.63, 3.8) is 0 Å². The number of hydrogen-bond donors (Lipinski definition) is 1. The lowest BCUT2D eigenvalue weighted by atomic mass is 9.82. The molecule has 0 aromatic rings. The quantitative estimate of drug-likeness (QED) is 0.786. The highest BCUT2D eigenvalue weighted by Gasteiger charge is 2.51. The van der Waals surface area contributed by atoms with Crippen molar-refractivity contribution in [1.82, 2.24) is 15.1 Å². The third kappa shape index (κ3) is 2.43. The van der Waals surface area contributed by atoms with Crippen molar-refractivity contribution in [3.05, 3.63) is 0 Å². The van der Waals surface area contributed by atoms with Crippen molar-refractivity contribution in [3.8, 4) is 0 Å². The van der Waals surface area contributed by atoms with Crippen LogP contribution in [0.4, 0.5) is 4.79 Å². The van der Waals surface area contributed by atoms with Crippen molar-refractivity contribution in [1.29, 1.82) is 0 Å². The summed E-state index contributed by atoms with van der Waals surface area (Å²) < 4.78 is 0. The number of nitrogens with zero attached hydrogens (tertiary/aromatic N) is 2. The van der Waals surface area contributed by atoms with Gasteiger partial charge in [-0.3, -0.25) is 9.69 Å². The van der Waals surface area contributed by atoms with E-state index in [1.54, 1.807) is 0 Å². The molecule has 2 heterocycles. The highest BCUT2D eigenvalue weighted by molar-refractivity contribution is 6.07. The Morgan fingerprint density at radius 3 is 2.65 bits per heavy atom. The highest BCUT2D eigenvalue weighted by Crippen LogP contribution is 2.33. The smallest absolute Gasteiger partial charge is 0.323 e. The summed E-state index contributed by atoms with van der Waals surface area (Å²) in [4.78, 5) is 28.5. The van der Waals surface area contributed by atoms with Crippen LogP contribution >= 0.6 is 0 Å². The van der Waals surface area contributed by atoms with Crippen molar-refractivity contribution >= 4 is 11.9 Å². The van der Waals surface area contributed by atoms with E-state index in [9.17, 15) is 9.59 Å². The lowest BCUT2D eigenvalue weighted by Gasteiger charge is -2.34. The number of rotatable bonds is 2. The minimum absolute atomic E-state index is 0.0143. The largest absolute Gasteiger partial charge is 0.326 e. The molecule has 1 aliphatic carbocycles. The second-order valence-corrected chi connectivity index (χ2v) is 6.77. The Kier molecular flexibility index (Phi) is 3.71. The van der Waals surface area contributed by atoms with Gasteiger partial charge in [0.25, 0.3) is 5.91 Å². The highest BCUT2D eigenvalue weighted by atomic mass is 16.2. The molecule has 112 valence electrons. The molecule has 1 spiro atoms. The molecular formula is C15H25N3O2. The van der Waals surface area contributed by atoms with Gasteiger partial charge in [-0.15, -0.1) is 0 Å². The van der Waals surface area contributed by atoms with Crippen LogP contribution < -0.4 is 5.32 Å². The summed E-state index contributed by atoms with van der Waals surface area (Å²) in [5, 5.41) is 2.98. The van der Waals surface area contributed by atoms with Gasteiger partial charge in [0, 0.05) is 6.54 Å². The topological polar surface area (TPSA) is 52.6 Å². The summed E-state index contributed by atoms with van der Waals surface area (Å²) in [5.41, 5.74) is -0.573. The number of piperidine rings is 1.